The molecule has 0 fully saturated rings. The molecular weight excluding hydrogens is 254 g/mol. The quantitative estimate of drug-likeness (QED) is 0.463. The second kappa shape index (κ2) is 4.37. The Kier molecular flexibility index (Phi) is 3.57. The minimum atomic E-state index is -4.68. The Morgan fingerprint density at radius 1 is 1.40 bits per heavy atom. The fourth-order valence-electron chi connectivity index (χ4n) is 0.969. The molecule has 0 aliphatic rings. The van der Waals surface area contributed by atoms with Gasteiger partial charge in [-0.1, -0.05) is 17.7 Å². The van der Waals surface area contributed by atoms with E-state index in [1.54, 1.807) is 0 Å². The molecule has 82 valence electrons. The number of halogens is 5. The first kappa shape index (κ1) is 12.3. The normalized spacial score (nSPS) is 13.7. The minimum Gasteiger partial charge on any atom is -0.301 e. The summed E-state index contributed by atoms with van der Waals surface area (Å²) in [5, 5.41) is -1.69. The monoisotopic (exact) mass is 257 g/mol. The molecule has 0 unspecified atom stereocenters. The van der Waals surface area contributed by atoms with Crippen molar-refractivity contribution in [2.45, 2.75) is 11.6 Å². The molecule has 1 heterocycles. The van der Waals surface area contributed by atoms with Gasteiger partial charge in [-0.3, -0.25) is 0 Å². The maximum Gasteiger partial charge on any atom is 0.433 e. The summed E-state index contributed by atoms with van der Waals surface area (Å²) in [6.07, 6.45) is -4.49. The molecule has 1 rings (SSSR count). The van der Waals surface area contributed by atoms with E-state index in [4.69, 9.17) is 23.2 Å². The van der Waals surface area contributed by atoms with Gasteiger partial charge in [0.2, 0.25) is 0 Å². The standard InChI is InChI=1S/C8H4Cl2F3NO/c9-5(3-15)4-1-2-6(10)14-7(4)8(11,12)13/h1-3,5H/t5-/m1/s1. The van der Waals surface area contributed by atoms with Crippen LogP contribution in [0.2, 0.25) is 5.15 Å². The van der Waals surface area contributed by atoms with Crippen molar-refractivity contribution in [3.63, 3.8) is 0 Å². The third kappa shape index (κ3) is 2.82. The van der Waals surface area contributed by atoms with E-state index in [0.717, 1.165) is 12.1 Å². The van der Waals surface area contributed by atoms with Crippen molar-refractivity contribution >= 4 is 29.5 Å². The predicted octanol–water partition coefficient (Wildman–Crippen LogP) is 3.23. The zero-order chi connectivity index (χ0) is 11.6. The van der Waals surface area contributed by atoms with Crippen LogP contribution >= 0.6 is 23.2 Å². The molecular formula is C8H4Cl2F3NO. The van der Waals surface area contributed by atoms with Crippen molar-refractivity contribution in [2.75, 3.05) is 0 Å². The summed E-state index contributed by atoms with van der Waals surface area (Å²) < 4.78 is 37.3. The highest BCUT2D eigenvalue weighted by Crippen LogP contribution is 2.35. The van der Waals surface area contributed by atoms with Gasteiger partial charge in [-0.2, -0.15) is 13.2 Å². The summed E-state index contributed by atoms with van der Waals surface area (Å²) in [6, 6.07) is 2.18. The van der Waals surface area contributed by atoms with Crippen LogP contribution in [-0.2, 0) is 11.0 Å². The fraction of sp³-hybridized carbons (Fsp3) is 0.250. The third-order valence-corrected chi connectivity index (χ3v) is 2.13. The predicted molar refractivity (Wildman–Crippen MR) is 48.9 cm³/mol. The number of nitrogens with zero attached hydrogens (tertiary/aromatic N) is 1. The van der Waals surface area contributed by atoms with E-state index >= 15 is 0 Å². The van der Waals surface area contributed by atoms with Crippen LogP contribution in [0.4, 0.5) is 13.2 Å². The number of hydrogen-bond donors (Lipinski definition) is 0. The summed E-state index contributed by atoms with van der Waals surface area (Å²) in [5.41, 5.74) is -1.63. The van der Waals surface area contributed by atoms with Crippen LogP contribution in [0.1, 0.15) is 16.6 Å². The Morgan fingerprint density at radius 3 is 2.47 bits per heavy atom. The SMILES string of the molecule is O=C[C@@H](Cl)c1ccc(Cl)nc1C(F)(F)F. The third-order valence-electron chi connectivity index (χ3n) is 1.58. The van der Waals surface area contributed by atoms with E-state index in [2.05, 4.69) is 4.98 Å². The number of carbonyl (C=O) groups excluding carboxylic acids is 1. The molecule has 1 atom stereocenters. The van der Waals surface area contributed by atoms with E-state index in [-0.39, 0.29) is 11.4 Å². The van der Waals surface area contributed by atoms with Crippen molar-refractivity contribution in [3.8, 4) is 0 Å². The second-order valence-electron chi connectivity index (χ2n) is 2.61. The van der Waals surface area contributed by atoms with Gasteiger partial charge in [0.15, 0.2) is 5.69 Å². The summed E-state index contributed by atoms with van der Waals surface area (Å²) in [4.78, 5) is 13.4. The molecule has 2 nitrogen and oxygen atoms in total. The lowest BCUT2D eigenvalue weighted by Gasteiger charge is -2.12. The first-order chi connectivity index (χ1) is 6.86. The number of hydrogen-bond acceptors (Lipinski definition) is 2. The van der Waals surface area contributed by atoms with E-state index < -0.39 is 22.8 Å². The Labute approximate surface area is 93.0 Å². The molecule has 15 heavy (non-hydrogen) atoms. The van der Waals surface area contributed by atoms with Gasteiger partial charge >= 0.3 is 6.18 Å². The van der Waals surface area contributed by atoms with E-state index in [0.29, 0.717) is 0 Å². The van der Waals surface area contributed by atoms with Crippen molar-refractivity contribution < 1.29 is 18.0 Å². The first-order valence-corrected chi connectivity index (χ1v) is 4.50. The smallest absolute Gasteiger partial charge is 0.301 e. The van der Waals surface area contributed by atoms with E-state index in [9.17, 15) is 18.0 Å². The average Bonchev–Trinajstić information content (AvgIpc) is 2.15. The van der Waals surface area contributed by atoms with Gasteiger partial charge in [0, 0.05) is 5.56 Å². The highest BCUT2D eigenvalue weighted by atomic mass is 35.5. The van der Waals surface area contributed by atoms with E-state index in [1.807, 2.05) is 0 Å². The second-order valence-corrected chi connectivity index (χ2v) is 3.46. The fourth-order valence-corrected chi connectivity index (χ4v) is 1.29. The van der Waals surface area contributed by atoms with Gasteiger partial charge < -0.3 is 4.79 Å². The van der Waals surface area contributed by atoms with Crippen LogP contribution in [0.3, 0.4) is 0 Å². The molecule has 1 aromatic rings. The van der Waals surface area contributed by atoms with Gasteiger partial charge in [-0.25, -0.2) is 4.98 Å². The maximum absolute atomic E-state index is 12.4. The van der Waals surface area contributed by atoms with Crippen LogP contribution < -0.4 is 0 Å². The van der Waals surface area contributed by atoms with Gasteiger partial charge in [0.25, 0.3) is 0 Å². The van der Waals surface area contributed by atoms with Gasteiger partial charge in [0.05, 0.1) is 0 Å². The van der Waals surface area contributed by atoms with Crippen molar-refractivity contribution in [1.82, 2.24) is 4.98 Å². The van der Waals surface area contributed by atoms with Gasteiger partial charge in [0.1, 0.15) is 16.8 Å². The molecule has 0 bridgehead atoms. The Bertz CT molecular complexity index is 381. The van der Waals surface area contributed by atoms with Crippen LogP contribution in [0.15, 0.2) is 12.1 Å². The zero-order valence-electron chi connectivity index (χ0n) is 7.05. The molecule has 0 aromatic carbocycles. The number of pyridine rings is 1. The van der Waals surface area contributed by atoms with Crippen LogP contribution in [0.25, 0.3) is 0 Å². The van der Waals surface area contributed by atoms with Crippen LogP contribution in [0, 0.1) is 0 Å². The molecule has 0 radical (unpaired) electrons. The summed E-state index contributed by atoms with van der Waals surface area (Å²) >= 11 is 10.7. The molecule has 0 spiro atoms. The van der Waals surface area contributed by atoms with Gasteiger partial charge in [-0.05, 0) is 6.07 Å². The summed E-state index contributed by atoms with van der Waals surface area (Å²) in [6.45, 7) is 0. The first-order valence-electron chi connectivity index (χ1n) is 3.69. The van der Waals surface area contributed by atoms with Crippen molar-refractivity contribution in [2.24, 2.45) is 0 Å². The number of rotatable bonds is 2. The maximum atomic E-state index is 12.4. The molecule has 0 N–H and O–H groups in total. The highest BCUT2D eigenvalue weighted by Gasteiger charge is 2.37. The van der Waals surface area contributed by atoms with Crippen molar-refractivity contribution in [3.05, 3.63) is 28.5 Å². The lowest BCUT2D eigenvalue weighted by Crippen LogP contribution is -2.13. The van der Waals surface area contributed by atoms with Crippen LogP contribution in [0.5, 0.6) is 0 Å². The molecule has 0 aliphatic carbocycles. The molecule has 0 saturated heterocycles. The summed E-state index contributed by atoms with van der Waals surface area (Å²) in [7, 11) is 0. The largest absolute Gasteiger partial charge is 0.433 e. The van der Waals surface area contributed by atoms with E-state index in [1.165, 1.54) is 0 Å². The Balaban J connectivity index is 3.33. The number of aromatic nitrogens is 1. The highest BCUT2D eigenvalue weighted by molar-refractivity contribution is 6.29. The lowest BCUT2D eigenvalue weighted by atomic mass is 10.1. The Morgan fingerprint density at radius 2 is 2.00 bits per heavy atom. The molecule has 0 saturated carbocycles. The lowest BCUT2D eigenvalue weighted by molar-refractivity contribution is -0.141. The van der Waals surface area contributed by atoms with Crippen LogP contribution in [-0.4, -0.2) is 11.3 Å². The molecule has 1 aromatic heterocycles. The van der Waals surface area contributed by atoms with Crippen molar-refractivity contribution in [1.29, 1.82) is 0 Å². The molecule has 0 amide bonds. The molecule has 7 heteroatoms. The zero-order valence-corrected chi connectivity index (χ0v) is 8.57. The number of carbonyl (C=O) groups is 1. The average molecular weight is 258 g/mol. The minimum absolute atomic E-state index is 0.196. The summed E-state index contributed by atoms with van der Waals surface area (Å²) in [5.74, 6) is 0. The number of alkyl halides is 4. The van der Waals surface area contributed by atoms with Gasteiger partial charge in [-0.15, -0.1) is 11.6 Å². The topological polar surface area (TPSA) is 30.0 Å². The Hall–Kier alpha value is -0.810. The molecule has 0 aliphatic heterocycles. The number of aldehydes is 1.